The lowest BCUT2D eigenvalue weighted by molar-refractivity contribution is -0.671. The minimum Gasteiger partial charge on any atom is -0.354 e. The second kappa shape index (κ2) is 13.0. The summed E-state index contributed by atoms with van der Waals surface area (Å²) >= 11 is 0. The molecule has 0 unspecified atom stereocenters. The molecule has 0 radical (unpaired) electrons. The summed E-state index contributed by atoms with van der Waals surface area (Å²) in [5.74, 6) is 0. The summed E-state index contributed by atoms with van der Waals surface area (Å²) < 4.78 is 6.12. The summed E-state index contributed by atoms with van der Waals surface area (Å²) in [6.07, 6.45) is 20.8. The first-order valence-electron chi connectivity index (χ1n) is 17.6. The number of aryl methyl sites for hydroxylation is 3. The number of fused-ring (bicyclic) bond motifs is 8. The zero-order valence-corrected chi connectivity index (χ0v) is 29.7. The van der Waals surface area contributed by atoms with Gasteiger partial charge in [-0.1, -0.05) is 6.07 Å². The highest BCUT2D eigenvalue weighted by atomic mass is 14.9. The maximum Gasteiger partial charge on any atom is 0.169 e. The third kappa shape index (κ3) is 5.92. The molecular weight excluding hydrogens is 655 g/mol. The van der Waals surface area contributed by atoms with E-state index in [1.807, 2.05) is 53.0 Å². The van der Waals surface area contributed by atoms with E-state index in [1.165, 1.54) is 0 Å². The van der Waals surface area contributed by atoms with Crippen molar-refractivity contribution in [1.29, 1.82) is 0 Å². The van der Waals surface area contributed by atoms with E-state index in [9.17, 15) is 0 Å². The first-order valence-corrected chi connectivity index (χ1v) is 17.6. The van der Waals surface area contributed by atoms with Gasteiger partial charge in [-0.3, -0.25) is 4.98 Å². The Morgan fingerprint density at radius 2 is 0.811 bits per heavy atom. The van der Waals surface area contributed by atoms with Gasteiger partial charge >= 0.3 is 0 Å². The summed E-state index contributed by atoms with van der Waals surface area (Å²) in [4.78, 5) is 23.3. The predicted octanol–water partition coefficient (Wildman–Crippen LogP) is 6.65. The molecule has 0 saturated carbocycles. The van der Waals surface area contributed by atoms with Crippen LogP contribution in [-0.4, -0.2) is 24.9 Å². The molecular formula is C44H38N9+3. The number of nitrogens with one attached hydrogen (secondary N) is 2. The summed E-state index contributed by atoms with van der Waals surface area (Å²) in [6, 6.07) is 27.3. The smallest absolute Gasteiger partial charge is 0.169 e. The minimum atomic E-state index is 0.337. The Balaban J connectivity index is 1.47. The topological polar surface area (TPSA) is 108 Å². The number of aromatic amines is 2. The molecule has 9 rings (SSSR count). The molecule has 7 aromatic heterocycles. The molecule has 9 heterocycles. The molecule has 0 aliphatic carbocycles. The summed E-state index contributed by atoms with van der Waals surface area (Å²) in [5, 5.41) is 0. The second-order valence-electron chi connectivity index (χ2n) is 13.5. The number of aromatic nitrogens is 8. The third-order valence-corrected chi connectivity index (χ3v) is 9.83. The lowest BCUT2D eigenvalue weighted by atomic mass is 10.0. The van der Waals surface area contributed by atoms with Crippen LogP contribution in [0.3, 0.4) is 0 Å². The minimum absolute atomic E-state index is 0.337. The summed E-state index contributed by atoms with van der Waals surface area (Å²) in [5.41, 5.74) is 21.9. The van der Waals surface area contributed by atoms with Gasteiger partial charge in [0.25, 0.3) is 0 Å². The normalized spacial score (nSPS) is 12.1. The van der Waals surface area contributed by atoms with E-state index in [1.54, 1.807) is 0 Å². The summed E-state index contributed by atoms with van der Waals surface area (Å²) in [6.45, 7) is 0.337. The molecule has 9 heteroatoms. The fourth-order valence-electron chi connectivity index (χ4n) is 7.12. The van der Waals surface area contributed by atoms with Crippen LogP contribution in [0.2, 0.25) is 0 Å². The Hall–Kier alpha value is -6.84. The van der Waals surface area contributed by atoms with Crippen LogP contribution in [-0.2, 0) is 27.7 Å². The van der Waals surface area contributed by atoms with Crippen molar-refractivity contribution in [2.45, 2.75) is 6.54 Å². The van der Waals surface area contributed by atoms with Crippen molar-refractivity contribution in [2.75, 3.05) is 0 Å². The van der Waals surface area contributed by atoms with E-state index in [-0.39, 0.29) is 0 Å². The number of nitrogens with two attached hydrogens (primary N) is 1. The maximum absolute atomic E-state index is 6.09. The fourth-order valence-corrected chi connectivity index (χ4v) is 7.12. The van der Waals surface area contributed by atoms with Gasteiger partial charge in [0.05, 0.1) is 39.7 Å². The number of pyridine rings is 4. The van der Waals surface area contributed by atoms with Gasteiger partial charge in [0.1, 0.15) is 21.1 Å². The first kappa shape index (κ1) is 32.1. The van der Waals surface area contributed by atoms with Crippen molar-refractivity contribution in [3.05, 3.63) is 145 Å². The van der Waals surface area contributed by atoms with Crippen LogP contribution in [0.5, 0.6) is 0 Å². The van der Waals surface area contributed by atoms with Crippen molar-refractivity contribution in [2.24, 2.45) is 26.9 Å². The van der Waals surface area contributed by atoms with Gasteiger partial charge in [-0.15, -0.1) is 0 Å². The van der Waals surface area contributed by atoms with E-state index < -0.39 is 0 Å². The quantitative estimate of drug-likeness (QED) is 0.176. The molecule has 7 aromatic rings. The van der Waals surface area contributed by atoms with Gasteiger partial charge < -0.3 is 15.7 Å². The molecule has 2 aliphatic rings. The van der Waals surface area contributed by atoms with E-state index in [2.05, 4.69) is 132 Å². The molecule has 53 heavy (non-hydrogen) atoms. The van der Waals surface area contributed by atoms with E-state index in [0.717, 1.165) is 95.2 Å². The maximum atomic E-state index is 6.09. The molecule has 8 bridgehead atoms. The first-order chi connectivity index (χ1) is 25.9. The molecule has 0 atom stereocenters. The highest BCUT2D eigenvalue weighted by Crippen LogP contribution is 2.37. The van der Waals surface area contributed by atoms with E-state index in [0.29, 0.717) is 6.54 Å². The van der Waals surface area contributed by atoms with Crippen molar-refractivity contribution >= 4 is 46.4 Å². The van der Waals surface area contributed by atoms with Crippen LogP contribution in [0.15, 0.2) is 116 Å². The number of H-pyrrole nitrogens is 2. The number of hydrogen-bond donors (Lipinski definition) is 3. The SMILES string of the molecule is C[n+]1ccc(-c2c3nc(c(-c4cc[n+](C)cc4)c4ccc([nH]4)c(-c4cccc(CN)n4)c4nc(c(-c5cc[n+](C)cc5)c5ccc2[nH]5)C=C4)C=C3)cc1. The molecule has 256 valence electrons. The van der Waals surface area contributed by atoms with E-state index in [4.69, 9.17) is 20.7 Å². The Labute approximate surface area is 306 Å². The number of nitrogens with zero attached hydrogens (tertiary/aromatic N) is 6. The highest BCUT2D eigenvalue weighted by Gasteiger charge is 2.20. The van der Waals surface area contributed by atoms with Gasteiger partial charge in [0.15, 0.2) is 37.2 Å². The molecule has 4 N–H and O–H groups in total. The van der Waals surface area contributed by atoms with Crippen molar-refractivity contribution < 1.29 is 13.7 Å². The van der Waals surface area contributed by atoms with Gasteiger partial charge in [-0.25, -0.2) is 23.7 Å². The average Bonchev–Trinajstić information content (AvgIpc) is 4.02. The van der Waals surface area contributed by atoms with Gasteiger partial charge in [-0.2, -0.15) is 0 Å². The standard InChI is InChI=1S/C44H37N9/c1-51-21-15-28(16-22-51)41-33-7-9-35(47-33)42(29-17-23-52(2)24-18-29)37-11-13-39(49-37)44(32-6-4-5-31(27-45)46-32)40-14-12-38(50-40)43(36-10-8-34(41)48-36)30-19-25-53(3)26-20-30/h4-26H,27,45H2,1-3H3,(H,47,48,49,50)/q+2/p+1. The van der Waals surface area contributed by atoms with Crippen LogP contribution < -0.4 is 19.4 Å². The number of rotatable bonds is 5. The highest BCUT2D eigenvalue weighted by molar-refractivity contribution is 5.99. The van der Waals surface area contributed by atoms with Crippen molar-refractivity contribution in [1.82, 2.24) is 24.9 Å². The Morgan fingerprint density at radius 1 is 0.453 bits per heavy atom. The monoisotopic (exact) mass is 692 g/mol. The molecule has 0 amide bonds. The number of hydrogen-bond acceptors (Lipinski definition) is 4. The van der Waals surface area contributed by atoms with E-state index >= 15 is 0 Å². The fraction of sp³-hybridized carbons (Fsp3) is 0.0909. The van der Waals surface area contributed by atoms with Gasteiger partial charge in [0, 0.05) is 81.7 Å². The largest absolute Gasteiger partial charge is 0.354 e. The zero-order valence-electron chi connectivity index (χ0n) is 29.7. The average molecular weight is 693 g/mol. The van der Waals surface area contributed by atoms with Crippen LogP contribution in [0, 0.1) is 0 Å². The van der Waals surface area contributed by atoms with Crippen LogP contribution in [0.4, 0.5) is 0 Å². The Kier molecular flexibility index (Phi) is 7.90. The van der Waals surface area contributed by atoms with Crippen LogP contribution >= 0.6 is 0 Å². The van der Waals surface area contributed by atoms with Gasteiger partial charge in [0.2, 0.25) is 0 Å². The Morgan fingerprint density at radius 3 is 1.19 bits per heavy atom. The molecule has 0 aromatic carbocycles. The van der Waals surface area contributed by atoms with Gasteiger partial charge in [-0.05, 0) is 77.4 Å². The molecule has 0 fully saturated rings. The lowest BCUT2D eigenvalue weighted by Gasteiger charge is -2.07. The molecule has 0 spiro atoms. The molecule has 2 aliphatic heterocycles. The zero-order chi connectivity index (χ0) is 36.1. The predicted molar refractivity (Wildman–Crippen MR) is 210 cm³/mol. The van der Waals surface area contributed by atoms with Crippen molar-refractivity contribution in [3.63, 3.8) is 0 Å². The van der Waals surface area contributed by atoms with Crippen LogP contribution in [0.25, 0.3) is 91.0 Å². The molecule has 9 nitrogen and oxygen atoms in total. The lowest BCUT2D eigenvalue weighted by Crippen LogP contribution is -2.25. The second-order valence-corrected chi connectivity index (χ2v) is 13.5. The third-order valence-electron chi connectivity index (χ3n) is 9.83. The van der Waals surface area contributed by atoms with Crippen molar-refractivity contribution in [3.8, 4) is 44.6 Å². The Bertz CT molecular complexity index is 2730. The van der Waals surface area contributed by atoms with Crippen LogP contribution in [0.1, 0.15) is 28.5 Å². The molecule has 0 saturated heterocycles. The summed E-state index contributed by atoms with van der Waals surface area (Å²) in [7, 11) is 6.08.